The summed E-state index contributed by atoms with van der Waals surface area (Å²) in [5.41, 5.74) is -0.0823. The van der Waals surface area contributed by atoms with Crippen LogP contribution in [0.3, 0.4) is 0 Å². The molecule has 2 aliphatic rings. The summed E-state index contributed by atoms with van der Waals surface area (Å²) >= 11 is 0. The molecule has 104 valence electrons. The number of ketones is 1. The highest BCUT2D eigenvalue weighted by molar-refractivity contribution is 5.81. The number of nitrogens with zero attached hydrogens (tertiary/aromatic N) is 1. The molecular weight excluding hydrogens is 226 g/mol. The first-order valence-electron chi connectivity index (χ1n) is 7.28. The van der Waals surface area contributed by atoms with Crippen LogP contribution in [-0.2, 0) is 9.53 Å². The second-order valence-corrected chi connectivity index (χ2v) is 6.93. The summed E-state index contributed by atoms with van der Waals surface area (Å²) < 4.78 is 5.91. The highest BCUT2D eigenvalue weighted by Gasteiger charge is 2.34. The maximum atomic E-state index is 12.0. The second-order valence-electron chi connectivity index (χ2n) is 6.93. The molecule has 0 aromatic heterocycles. The van der Waals surface area contributed by atoms with E-state index in [0.717, 1.165) is 38.9 Å². The van der Waals surface area contributed by atoms with Crippen LogP contribution >= 0.6 is 0 Å². The average molecular weight is 253 g/mol. The number of morpholine rings is 1. The van der Waals surface area contributed by atoms with Crippen LogP contribution in [0.25, 0.3) is 0 Å². The smallest absolute Gasteiger partial charge is 0.137 e. The van der Waals surface area contributed by atoms with Crippen molar-refractivity contribution in [3.8, 4) is 0 Å². The van der Waals surface area contributed by atoms with Gasteiger partial charge in [-0.3, -0.25) is 9.69 Å². The van der Waals surface area contributed by atoms with Crippen LogP contribution in [0.2, 0.25) is 0 Å². The maximum Gasteiger partial charge on any atom is 0.137 e. The third-order valence-electron chi connectivity index (χ3n) is 4.14. The number of Topliss-reactive ketones (excluding diaryl/α,β-unsaturated/α-hetero) is 1. The van der Waals surface area contributed by atoms with Crippen molar-refractivity contribution in [2.45, 2.75) is 58.7 Å². The van der Waals surface area contributed by atoms with E-state index in [4.69, 9.17) is 4.74 Å². The van der Waals surface area contributed by atoms with Gasteiger partial charge in [0.1, 0.15) is 5.78 Å². The maximum absolute atomic E-state index is 12.0. The fourth-order valence-corrected chi connectivity index (χ4v) is 3.54. The zero-order valence-corrected chi connectivity index (χ0v) is 12.2. The Morgan fingerprint density at radius 2 is 2.11 bits per heavy atom. The van der Waals surface area contributed by atoms with E-state index in [9.17, 15) is 4.79 Å². The molecule has 18 heavy (non-hydrogen) atoms. The minimum atomic E-state index is -0.0823. The summed E-state index contributed by atoms with van der Waals surface area (Å²) in [5, 5.41) is 0. The molecule has 1 aliphatic heterocycles. The van der Waals surface area contributed by atoms with Gasteiger partial charge in [-0.2, -0.15) is 0 Å². The van der Waals surface area contributed by atoms with Gasteiger partial charge in [0, 0.05) is 32.0 Å². The summed E-state index contributed by atoms with van der Waals surface area (Å²) in [7, 11) is 0. The van der Waals surface area contributed by atoms with Crippen LogP contribution < -0.4 is 0 Å². The van der Waals surface area contributed by atoms with Gasteiger partial charge < -0.3 is 4.74 Å². The topological polar surface area (TPSA) is 29.5 Å². The third-order valence-corrected chi connectivity index (χ3v) is 4.14. The Labute approximate surface area is 111 Å². The molecule has 1 saturated carbocycles. The van der Waals surface area contributed by atoms with Gasteiger partial charge in [0.15, 0.2) is 0 Å². The van der Waals surface area contributed by atoms with Crippen molar-refractivity contribution in [1.82, 2.24) is 4.90 Å². The first-order chi connectivity index (χ1) is 8.35. The highest BCUT2D eigenvalue weighted by atomic mass is 16.5. The molecule has 3 atom stereocenters. The molecule has 0 spiro atoms. The summed E-state index contributed by atoms with van der Waals surface area (Å²) in [6.45, 7) is 11.5. The van der Waals surface area contributed by atoms with E-state index in [1.54, 1.807) is 0 Å². The van der Waals surface area contributed by atoms with Gasteiger partial charge in [0.05, 0.1) is 11.7 Å². The first-order valence-corrected chi connectivity index (χ1v) is 7.28. The van der Waals surface area contributed by atoms with E-state index in [1.807, 2.05) is 0 Å². The van der Waals surface area contributed by atoms with E-state index in [-0.39, 0.29) is 17.6 Å². The number of hydrogen-bond acceptors (Lipinski definition) is 3. The van der Waals surface area contributed by atoms with Crippen LogP contribution in [0.1, 0.15) is 47.0 Å². The highest BCUT2D eigenvalue weighted by Crippen LogP contribution is 2.28. The summed E-state index contributed by atoms with van der Waals surface area (Å²) in [6.07, 6.45) is 3.21. The van der Waals surface area contributed by atoms with E-state index in [2.05, 4.69) is 32.6 Å². The van der Waals surface area contributed by atoms with Gasteiger partial charge in [0.2, 0.25) is 0 Å². The number of ether oxygens (including phenoxy) is 1. The molecule has 1 heterocycles. The quantitative estimate of drug-likeness (QED) is 0.757. The molecule has 3 unspecified atom stereocenters. The minimum Gasteiger partial charge on any atom is -0.370 e. The molecule has 1 saturated heterocycles. The number of carbonyl (C=O) groups is 1. The van der Waals surface area contributed by atoms with Crippen molar-refractivity contribution in [3.63, 3.8) is 0 Å². The fourth-order valence-electron chi connectivity index (χ4n) is 3.54. The van der Waals surface area contributed by atoms with E-state index in [1.165, 1.54) is 0 Å². The summed E-state index contributed by atoms with van der Waals surface area (Å²) in [6, 6.07) is 0. The summed E-state index contributed by atoms with van der Waals surface area (Å²) in [4.78, 5) is 14.4. The van der Waals surface area contributed by atoms with Crippen LogP contribution in [0.15, 0.2) is 0 Å². The van der Waals surface area contributed by atoms with Gasteiger partial charge in [-0.25, -0.2) is 0 Å². The lowest BCUT2D eigenvalue weighted by Gasteiger charge is -2.43. The number of carbonyl (C=O) groups excluding carboxylic acids is 1. The molecule has 0 bridgehead atoms. The Morgan fingerprint density at radius 1 is 1.39 bits per heavy atom. The van der Waals surface area contributed by atoms with Gasteiger partial charge >= 0.3 is 0 Å². The van der Waals surface area contributed by atoms with Gasteiger partial charge in [-0.05, 0) is 39.5 Å². The standard InChI is InChI=1S/C15H27NO2/c1-11-5-6-14(17)13(7-11)9-16-8-12(2)18-15(3,4)10-16/h11-13H,5-10H2,1-4H3. The van der Waals surface area contributed by atoms with Crippen molar-refractivity contribution in [1.29, 1.82) is 0 Å². The van der Waals surface area contributed by atoms with Gasteiger partial charge in [0.25, 0.3) is 0 Å². The molecule has 3 nitrogen and oxygen atoms in total. The number of hydrogen-bond donors (Lipinski definition) is 0. The van der Waals surface area contributed by atoms with Gasteiger partial charge in [-0.15, -0.1) is 0 Å². The molecule has 0 N–H and O–H groups in total. The van der Waals surface area contributed by atoms with Crippen LogP contribution in [0.4, 0.5) is 0 Å². The predicted octanol–water partition coefficient (Wildman–Crippen LogP) is 2.49. The van der Waals surface area contributed by atoms with E-state index < -0.39 is 0 Å². The zero-order chi connectivity index (χ0) is 13.3. The third kappa shape index (κ3) is 3.55. The molecule has 2 rings (SSSR count). The SMILES string of the molecule is CC1CCC(=O)C(CN2CC(C)OC(C)(C)C2)C1. The molecule has 0 radical (unpaired) electrons. The monoisotopic (exact) mass is 253 g/mol. The molecule has 2 fully saturated rings. The molecule has 1 aliphatic carbocycles. The molecule has 0 aromatic carbocycles. The van der Waals surface area contributed by atoms with Crippen LogP contribution in [-0.4, -0.2) is 42.0 Å². The van der Waals surface area contributed by atoms with Crippen molar-refractivity contribution in [2.75, 3.05) is 19.6 Å². The van der Waals surface area contributed by atoms with Crippen molar-refractivity contribution >= 4 is 5.78 Å². The molecule has 0 aromatic rings. The lowest BCUT2D eigenvalue weighted by atomic mass is 9.81. The lowest BCUT2D eigenvalue weighted by Crippen LogP contribution is -2.53. The number of rotatable bonds is 2. The molecular formula is C15H27NO2. The Morgan fingerprint density at radius 3 is 2.78 bits per heavy atom. The Kier molecular flexibility index (Phi) is 4.12. The van der Waals surface area contributed by atoms with Crippen molar-refractivity contribution in [2.24, 2.45) is 11.8 Å². The first kappa shape index (κ1) is 14.0. The molecule has 0 amide bonds. The van der Waals surface area contributed by atoms with E-state index in [0.29, 0.717) is 11.7 Å². The summed E-state index contributed by atoms with van der Waals surface area (Å²) in [5.74, 6) is 1.44. The van der Waals surface area contributed by atoms with Gasteiger partial charge in [-0.1, -0.05) is 6.92 Å². The lowest BCUT2D eigenvalue weighted by molar-refractivity contribution is -0.139. The largest absolute Gasteiger partial charge is 0.370 e. The van der Waals surface area contributed by atoms with Crippen LogP contribution in [0, 0.1) is 11.8 Å². The molecule has 3 heteroatoms. The second kappa shape index (κ2) is 5.30. The fraction of sp³-hybridized carbons (Fsp3) is 0.933. The Balaban J connectivity index is 1.93. The van der Waals surface area contributed by atoms with Crippen molar-refractivity contribution < 1.29 is 9.53 Å². The van der Waals surface area contributed by atoms with Crippen molar-refractivity contribution in [3.05, 3.63) is 0 Å². The van der Waals surface area contributed by atoms with E-state index >= 15 is 0 Å². The zero-order valence-electron chi connectivity index (χ0n) is 12.2. The Hall–Kier alpha value is -0.410. The minimum absolute atomic E-state index is 0.0823. The Bertz CT molecular complexity index is 314. The van der Waals surface area contributed by atoms with Crippen LogP contribution in [0.5, 0.6) is 0 Å². The normalized spacial score (nSPS) is 37.8. The predicted molar refractivity (Wildman–Crippen MR) is 72.6 cm³/mol. The average Bonchev–Trinajstić information content (AvgIpc) is 2.20.